The minimum Gasteiger partial charge on any atom is -0.444 e. The van der Waals surface area contributed by atoms with Crippen LogP contribution in [0.25, 0.3) is 0 Å². The molecule has 0 saturated carbocycles. The number of para-hydroxylation sites is 1. The fraction of sp³-hybridized carbons (Fsp3) is 0.738. The molecule has 0 saturated heterocycles. The molecule has 2 rings (SSSR count). The molecule has 0 radical (unpaired) electrons. The van der Waals surface area contributed by atoms with E-state index in [-0.39, 0.29) is 11.3 Å². The second kappa shape index (κ2) is 20.7. The van der Waals surface area contributed by atoms with Gasteiger partial charge in [0.05, 0.1) is 5.41 Å². The maximum Gasteiger partial charge on any atom is 0.410 e. The monoisotopic (exact) mass is 759 g/mol. The van der Waals surface area contributed by atoms with E-state index < -0.39 is 35.1 Å². The zero-order valence-corrected chi connectivity index (χ0v) is 35.6. The molecule has 12 nitrogen and oxygen atoms in total. The van der Waals surface area contributed by atoms with Gasteiger partial charge in [0.15, 0.2) is 5.71 Å². The Kier molecular flexibility index (Phi) is 17.8. The molecular formula is C42H72N5O7+. The van der Waals surface area contributed by atoms with Gasteiger partial charge in [-0.3, -0.25) is 4.79 Å². The lowest BCUT2D eigenvalue weighted by Crippen LogP contribution is -2.40. The Morgan fingerprint density at radius 3 is 1.65 bits per heavy atom. The van der Waals surface area contributed by atoms with Crippen LogP contribution in [0.5, 0.6) is 0 Å². The lowest BCUT2D eigenvalue weighted by atomic mass is 9.82. The fourth-order valence-corrected chi connectivity index (χ4v) is 6.18. The molecule has 1 aromatic carbocycles. The number of amides is 4. The van der Waals surface area contributed by atoms with Crippen molar-refractivity contribution in [2.75, 3.05) is 45.8 Å². The molecule has 0 unspecified atom stereocenters. The number of fused-ring (bicyclic) bond motifs is 1. The topological polar surface area (TPSA) is 130 Å². The van der Waals surface area contributed by atoms with Crippen LogP contribution in [0, 0.1) is 0 Å². The Hall–Kier alpha value is -3.83. The number of rotatable bonds is 19. The third kappa shape index (κ3) is 17.1. The van der Waals surface area contributed by atoms with Gasteiger partial charge in [0.2, 0.25) is 11.6 Å². The third-order valence-corrected chi connectivity index (χ3v) is 9.07. The number of nitrogens with one attached hydrogen (secondary N) is 2. The Balaban J connectivity index is 1.80. The van der Waals surface area contributed by atoms with Gasteiger partial charge in [-0.2, -0.15) is 4.58 Å². The number of carbonyl (C=O) groups is 4. The third-order valence-electron chi connectivity index (χ3n) is 9.07. The largest absolute Gasteiger partial charge is 0.444 e. The summed E-state index contributed by atoms with van der Waals surface area (Å²) >= 11 is 0. The van der Waals surface area contributed by atoms with Crippen LogP contribution in [0.1, 0.15) is 140 Å². The van der Waals surface area contributed by atoms with Crippen molar-refractivity contribution in [2.45, 2.75) is 157 Å². The average Bonchev–Trinajstić information content (AvgIpc) is 3.22. The lowest BCUT2D eigenvalue weighted by Gasteiger charge is -2.29. The summed E-state index contributed by atoms with van der Waals surface area (Å²) in [6, 6.07) is 8.62. The van der Waals surface area contributed by atoms with E-state index in [4.69, 9.17) is 14.2 Å². The maximum absolute atomic E-state index is 13.1. The van der Waals surface area contributed by atoms with E-state index in [2.05, 4.69) is 60.2 Å². The average molecular weight is 759 g/mol. The SMILES string of the molecule is CC1=[N+](CCCCCC(=O)NCCCN(CCCCN(CCCNC(=O)OC(C)(C)C)C(=O)OC(C)(C)C)C(=O)OC(C)(C)C)c2ccccc2C1(C)C. The molecule has 0 aliphatic carbocycles. The molecule has 1 heterocycles. The molecule has 0 aromatic heterocycles. The van der Waals surface area contributed by atoms with Gasteiger partial charge in [-0.15, -0.1) is 0 Å². The minimum absolute atomic E-state index is 0.0257. The molecule has 1 aromatic rings. The van der Waals surface area contributed by atoms with E-state index in [1.165, 1.54) is 17.0 Å². The molecule has 0 spiro atoms. The van der Waals surface area contributed by atoms with E-state index in [9.17, 15) is 19.2 Å². The molecule has 0 fully saturated rings. The van der Waals surface area contributed by atoms with E-state index in [1.807, 2.05) is 41.5 Å². The van der Waals surface area contributed by atoms with Gasteiger partial charge in [-0.1, -0.05) is 18.2 Å². The minimum atomic E-state index is -0.649. The van der Waals surface area contributed by atoms with Crippen molar-refractivity contribution in [1.82, 2.24) is 20.4 Å². The van der Waals surface area contributed by atoms with Crippen LogP contribution in [0.3, 0.4) is 0 Å². The summed E-state index contributed by atoms with van der Waals surface area (Å²) in [4.78, 5) is 54.1. The van der Waals surface area contributed by atoms with Gasteiger partial charge < -0.3 is 34.6 Å². The normalized spacial score (nSPS) is 13.9. The highest BCUT2D eigenvalue weighted by Crippen LogP contribution is 2.39. The first kappa shape index (κ1) is 46.3. The molecule has 4 amide bonds. The van der Waals surface area contributed by atoms with Crippen LogP contribution in [-0.2, 0) is 24.4 Å². The molecule has 0 bridgehead atoms. The number of alkyl carbamates (subject to hydrolysis) is 1. The van der Waals surface area contributed by atoms with E-state index in [1.54, 1.807) is 30.6 Å². The summed E-state index contributed by atoms with van der Waals surface area (Å²) in [7, 11) is 0. The van der Waals surface area contributed by atoms with Gasteiger partial charge in [0.1, 0.15) is 23.3 Å². The summed E-state index contributed by atoms with van der Waals surface area (Å²) in [6.45, 7) is 26.6. The van der Waals surface area contributed by atoms with Crippen molar-refractivity contribution in [2.24, 2.45) is 0 Å². The summed E-state index contributed by atoms with van der Waals surface area (Å²) in [5.41, 5.74) is 2.18. The smallest absolute Gasteiger partial charge is 0.410 e. The predicted octanol–water partition coefficient (Wildman–Crippen LogP) is 8.32. The molecule has 12 heteroatoms. The summed E-state index contributed by atoms with van der Waals surface area (Å²) < 4.78 is 19.0. The van der Waals surface area contributed by atoms with Crippen LogP contribution in [0.15, 0.2) is 24.3 Å². The molecule has 54 heavy (non-hydrogen) atoms. The standard InChI is InChI=1S/C42H71N5O7/c1-32-42(11,12)33-22-15-16-23-34(33)47(32)31-17-13-14-24-35(48)43-25-20-29-45(37(50)53-40(5,6)7)27-18-19-28-46(38(51)54-41(8,9)10)30-21-26-44-36(49)52-39(2,3)4/h15-16,22-23H,13-14,17-21,24-31H2,1-12H3,(H-,43,44,48,49)/p+1. The number of ether oxygens (including phenoxy) is 3. The molecule has 2 N–H and O–H groups in total. The van der Waals surface area contributed by atoms with E-state index in [0.717, 1.165) is 25.8 Å². The molecule has 1 aliphatic heterocycles. The first-order valence-electron chi connectivity index (χ1n) is 19.9. The number of carbonyl (C=O) groups excluding carboxylic acids is 4. The quantitative estimate of drug-likeness (QED) is 0.0825. The number of hydrogen-bond donors (Lipinski definition) is 2. The van der Waals surface area contributed by atoms with Crippen LogP contribution in [-0.4, -0.2) is 107 Å². The van der Waals surface area contributed by atoms with Crippen molar-refractivity contribution >= 4 is 35.6 Å². The number of benzene rings is 1. The Morgan fingerprint density at radius 1 is 0.648 bits per heavy atom. The van der Waals surface area contributed by atoms with Gasteiger partial charge in [-0.05, 0) is 115 Å². The first-order valence-corrected chi connectivity index (χ1v) is 19.9. The second-order valence-corrected chi connectivity index (χ2v) is 17.8. The summed E-state index contributed by atoms with van der Waals surface area (Å²) in [5, 5.41) is 5.75. The van der Waals surface area contributed by atoms with E-state index in [0.29, 0.717) is 71.4 Å². The molecule has 1 aliphatic rings. The number of nitrogens with zero attached hydrogens (tertiary/aromatic N) is 3. The Labute approximate surface area is 325 Å². The molecule has 0 atom stereocenters. The lowest BCUT2D eigenvalue weighted by molar-refractivity contribution is -0.439. The van der Waals surface area contributed by atoms with Crippen molar-refractivity contribution in [3.63, 3.8) is 0 Å². The van der Waals surface area contributed by atoms with Crippen LogP contribution >= 0.6 is 0 Å². The first-order chi connectivity index (χ1) is 25.0. The van der Waals surface area contributed by atoms with Crippen molar-refractivity contribution < 1.29 is 38.0 Å². The van der Waals surface area contributed by atoms with Crippen molar-refractivity contribution in [1.29, 1.82) is 0 Å². The summed E-state index contributed by atoms with van der Waals surface area (Å²) in [6.07, 6.45) is 4.37. The van der Waals surface area contributed by atoms with Gasteiger partial charge >= 0.3 is 18.3 Å². The second-order valence-electron chi connectivity index (χ2n) is 17.8. The van der Waals surface area contributed by atoms with Gasteiger partial charge in [-0.25, -0.2) is 14.4 Å². The van der Waals surface area contributed by atoms with Crippen LogP contribution in [0.2, 0.25) is 0 Å². The number of hydrogen-bond acceptors (Lipinski definition) is 7. The van der Waals surface area contributed by atoms with Crippen LogP contribution in [0.4, 0.5) is 20.1 Å². The fourth-order valence-electron chi connectivity index (χ4n) is 6.18. The van der Waals surface area contributed by atoms with Crippen LogP contribution < -0.4 is 10.6 Å². The van der Waals surface area contributed by atoms with Gasteiger partial charge in [0, 0.05) is 70.7 Å². The Morgan fingerprint density at radius 2 is 1.13 bits per heavy atom. The van der Waals surface area contributed by atoms with Crippen molar-refractivity contribution in [3.05, 3.63) is 29.8 Å². The highest BCUT2D eigenvalue weighted by molar-refractivity contribution is 5.93. The molecular weight excluding hydrogens is 686 g/mol. The zero-order chi connectivity index (χ0) is 40.7. The predicted molar refractivity (Wildman–Crippen MR) is 215 cm³/mol. The highest BCUT2D eigenvalue weighted by atomic mass is 16.6. The van der Waals surface area contributed by atoms with Crippen molar-refractivity contribution in [3.8, 4) is 0 Å². The maximum atomic E-state index is 13.1. The zero-order valence-electron chi connectivity index (χ0n) is 35.6. The summed E-state index contributed by atoms with van der Waals surface area (Å²) in [5.74, 6) is 0.0257. The number of unbranched alkanes of at least 4 members (excludes halogenated alkanes) is 3. The Bertz CT molecular complexity index is 1420. The highest BCUT2D eigenvalue weighted by Gasteiger charge is 2.42. The molecule has 306 valence electrons. The van der Waals surface area contributed by atoms with Gasteiger partial charge in [0.25, 0.3) is 0 Å². The van der Waals surface area contributed by atoms with E-state index >= 15 is 0 Å².